The van der Waals surface area contributed by atoms with Crippen molar-refractivity contribution in [2.45, 2.75) is 25.3 Å². The first-order valence-electron chi connectivity index (χ1n) is 5.41. The third kappa shape index (κ3) is 3.34. The Labute approximate surface area is 119 Å². The molecule has 1 saturated carbocycles. The topological polar surface area (TPSA) is 89.4 Å². The van der Waals surface area contributed by atoms with Crippen LogP contribution in [-0.2, 0) is 0 Å². The number of hydrogen-bond donors (Lipinski definition) is 2. The summed E-state index contributed by atoms with van der Waals surface area (Å²) in [7, 11) is 0. The predicted octanol–water partition coefficient (Wildman–Crippen LogP) is 3.28. The maximum atomic E-state index is 10.8. The second kappa shape index (κ2) is 5.86. The zero-order valence-corrected chi connectivity index (χ0v) is 11.9. The van der Waals surface area contributed by atoms with Crippen LogP contribution in [0.1, 0.15) is 30.9 Å². The van der Waals surface area contributed by atoms with Crippen molar-refractivity contribution < 1.29 is 10.0 Å². The Hall–Kier alpha value is -0.850. The average Bonchev–Trinajstić information content (AvgIpc) is 3.04. The summed E-state index contributed by atoms with van der Waals surface area (Å²) in [5.74, 6) is 0.286. The number of nitrogens with zero attached hydrogens (tertiary/aromatic N) is 1. The summed E-state index contributed by atoms with van der Waals surface area (Å²) in [5.41, 5.74) is 6.11. The lowest BCUT2D eigenvalue weighted by Crippen LogP contribution is -2.11. The van der Waals surface area contributed by atoms with E-state index in [1.54, 1.807) is 6.07 Å². The van der Waals surface area contributed by atoms with Gasteiger partial charge in [-0.3, -0.25) is 10.1 Å². The van der Waals surface area contributed by atoms with Gasteiger partial charge >= 0.3 is 5.69 Å². The Morgan fingerprint density at radius 2 is 2.17 bits per heavy atom. The monoisotopic (exact) mass is 336 g/mol. The highest BCUT2D eigenvalue weighted by Crippen LogP contribution is 2.41. The van der Waals surface area contributed by atoms with Gasteiger partial charge < -0.3 is 10.8 Å². The first-order chi connectivity index (χ1) is 7.99. The third-order valence-corrected chi connectivity index (χ3v) is 3.42. The average molecular weight is 338 g/mol. The van der Waals surface area contributed by atoms with E-state index in [0.717, 1.165) is 19.3 Å². The Balaban J connectivity index is 0.00000162. The van der Waals surface area contributed by atoms with Crippen molar-refractivity contribution in [2.24, 2.45) is 11.7 Å². The van der Waals surface area contributed by atoms with Crippen molar-refractivity contribution in [3.05, 3.63) is 32.3 Å². The van der Waals surface area contributed by atoms with Gasteiger partial charge in [-0.2, -0.15) is 0 Å². The molecular formula is C11H14BrClN2O3. The van der Waals surface area contributed by atoms with Gasteiger partial charge in [-0.25, -0.2) is 0 Å². The van der Waals surface area contributed by atoms with Crippen LogP contribution in [0, 0.1) is 16.0 Å². The molecule has 0 radical (unpaired) electrons. The molecule has 1 aliphatic rings. The van der Waals surface area contributed by atoms with Gasteiger partial charge in [0.05, 0.1) is 4.92 Å². The first kappa shape index (κ1) is 15.2. The van der Waals surface area contributed by atoms with Gasteiger partial charge in [0.2, 0.25) is 0 Å². The summed E-state index contributed by atoms with van der Waals surface area (Å²) in [5, 5.41) is 20.6. The van der Waals surface area contributed by atoms with E-state index in [1.165, 1.54) is 6.07 Å². The number of aromatic hydroxyl groups is 1. The van der Waals surface area contributed by atoms with Crippen LogP contribution in [0.15, 0.2) is 16.6 Å². The molecule has 2 rings (SSSR count). The Kier molecular flexibility index (Phi) is 4.95. The minimum atomic E-state index is -0.604. The van der Waals surface area contributed by atoms with Crippen LogP contribution in [0.5, 0.6) is 5.75 Å². The molecule has 1 aromatic carbocycles. The zero-order valence-electron chi connectivity index (χ0n) is 9.51. The van der Waals surface area contributed by atoms with Gasteiger partial charge in [0.15, 0.2) is 5.75 Å². The third-order valence-electron chi connectivity index (χ3n) is 2.96. The second-order valence-corrected chi connectivity index (χ2v) is 5.32. The molecule has 0 aliphatic heterocycles. The van der Waals surface area contributed by atoms with Crippen LogP contribution in [0.2, 0.25) is 0 Å². The first-order valence-corrected chi connectivity index (χ1v) is 6.20. The number of hydrogen-bond acceptors (Lipinski definition) is 4. The Morgan fingerprint density at radius 3 is 2.67 bits per heavy atom. The lowest BCUT2D eigenvalue weighted by atomic mass is 10.0. The second-order valence-electron chi connectivity index (χ2n) is 4.41. The fourth-order valence-corrected chi connectivity index (χ4v) is 2.33. The Bertz CT molecular complexity index is 466. The van der Waals surface area contributed by atoms with Crippen molar-refractivity contribution in [2.75, 3.05) is 0 Å². The van der Waals surface area contributed by atoms with E-state index in [-0.39, 0.29) is 29.9 Å². The van der Waals surface area contributed by atoms with E-state index in [4.69, 9.17) is 5.73 Å². The van der Waals surface area contributed by atoms with Gasteiger partial charge in [-0.1, -0.05) is 28.8 Å². The number of halogens is 2. The molecule has 1 aliphatic carbocycles. The number of nitro benzene ring substituents is 1. The van der Waals surface area contributed by atoms with Crippen LogP contribution in [0.3, 0.4) is 0 Å². The molecule has 0 heterocycles. The van der Waals surface area contributed by atoms with Crippen molar-refractivity contribution >= 4 is 34.0 Å². The molecule has 1 atom stereocenters. The highest BCUT2D eigenvalue weighted by atomic mass is 79.9. The van der Waals surface area contributed by atoms with Crippen LogP contribution in [0.25, 0.3) is 0 Å². The zero-order chi connectivity index (χ0) is 12.6. The summed E-state index contributed by atoms with van der Waals surface area (Å²) in [6, 6.07) is 2.58. The fraction of sp³-hybridized carbons (Fsp3) is 0.455. The van der Waals surface area contributed by atoms with Crippen LogP contribution < -0.4 is 5.73 Å². The number of phenolic OH excluding ortho intramolecular Hbond substituents is 1. The summed E-state index contributed by atoms with van der Waals surface area (Å²) < 4.78 is 0.559. The Morgan fingerprint density at radius 1 is 1.56 bits per heavy atom. The largest absolute Gasteiger partial charge is 0.502 e. The predicted molar refractivity (Wildman–Crippen MR) is 74.0 cm³/mol. The van der Waals surface area contributed by atoms with Crippen molar-refractivity contribution in [1.29, 1.82) is 0 Å². The fourth-order valence-electron chi connectivity index (χ4n) is 1.87. The van der Waals surface area contributed by atoms with E-state index >= 15 is 0 Å². The number of nitrogens with two attached hydrogens (primary N) is 1. The lowest BCUT2D eigenvalue weighted by molar-refractivity contribution is -0.386. The molecule has 18 heavy (non-hydrogen) atoms. The van der Waals surface area contributed by atoms with Crippen LogP contribution >= 0.6 is 28.3 Å². The standard InChI is InChI=1S/C11H13BrN2O3.ClH/c12-7-4-8(9(13)3-6-1-2-6)11(15)10(5-7)14(16)17;/h4-6,9,15H,1-3,13H2;1H/t9-;/m0./s1. The molecule has 0 amide bonds. The molecule has 1 fully saturated rings. The number of phenols is 1. The van der Waals surface area contributed by atoms with Crippen LogP contribution in [0.4, 0.5) is 5.69 Å². The molecule has 0 aromatic heterocycles. The quantitative estimate of drug-likeness (QED) is 0.651. The van der Waals surface area contributed by atoms with Gasteiger partial charge in [-0.15, -0.1) is 12.4 Å². The summed E-state index contributed by atoms with van der Waals surface area (Å²) in [4.78, 5) is 10.2. The molecule has 0 spiro atoms. The normalized spacial score (nSPS) is 15.9. The molecule has 5 nitrogen and oxygen atoms in total. The molecule has 1 aromatic rings. The van der Waals surface area contributed by atoms with E-state index in [2.05, 4.69) is 15.9 Å². The van der Waals surface area contributed by atoms with E-state index in [1.807, 2.05) is 0 Å². The van der Waals surface area contributed by atoms with Crippen molar-refractivity contribution in [3.63, 3.8) is 0 Å². The maximum Gasteiger partial charge on any atom is 0.312 e. The van der Waals surface area contributed by atoms with Gasteiger partial charge in [0.25, 0.3) is 0 Å². The van der Waals surface area contributed by atoms with Gasteiger partial charge in [0, 0.05) is 22.1 Å². The number of rotatable bonds is 4. The highest BCUT2D eigenvalue weighted by molar-refractivity contribution is 9.10. The molecule has 7 heteroatoms. The van der Waals surface area contributed by atoms with Gasteiger partial charge in [0.1, 0.15) is 0 Å². The smallest absolute Gasteiger partial charge is 0.312 e. The van der Waals surface area contributed by atoms with E-state index in [9.17, 15) is 15.2 Å². The number of nitro groups is 1. The SMILES string of the molecule is Cl.N[C@@H](CC1CC1)c1cc(Br)cc([N+](=O)[O-])c1O. The summed E-state index contributed by atoms with van der Waals surface area (Å²) in [6.45, 7) is 0. The van der Waals surface area contributed by atoms with Crippen LogP contribution in [-0.4, -0.2) is 10.0 Å². The summed E-state index contributed by atoms with van der Waals surface area (Å²) >= 11 is 3.19. The lowest BCUT2D eigenvalue weighted by Gasteiger charge is -2.13. The van der Waals surface area contributed by atoms with E-state index < -0.39 is 4.92 Å². The minimum absolute atomic E-state index is 0. The van der Waals surface area contributed by atoms with Gasteiger partial charge in [-0.05, 0) is 18.4 Å². The molecule has 0 saturated heterocycles. The molecule has 0 bridgehead atoms. The van der Waals surface area contributed by atoms with Crippen molar-refractivity contribution in [3.8, 4) is 5.75 Å². The highest BCUT2D eigenvalue weighted by Gasteiger charge is 2.28. The molecular weight excluding hydrogens is 323 g/mol. The molecule has 100 valence electrons. The van der Waals surface area contributed by atoms with Crippen molar-refractivity contribution in [1.82, 2.24) is 0 Å². The number of benzene rings is 1. The minimum Gasteiger partial charge on any atom is -0.502 e. The molecule has 3 N–H and O–H groups in total. The molecule has 0 unspecified atom stereocenters. The maximum absolute atomic E-state index is 10.8. The summed E-state index contributed by atoms with van der Waals surface area (Å²) in [6.07, 6.45) is 3.08. The van der Waals surface area contributed by atoms with E-state index in [0.29, 0.717) is 16.0 Å².